The summed E-state index contributed by atoms with van der Waals surface area (Å²) in [6, 6.07) is 6.20. The molecule has 1 aromatic carbocycles. The quantitative estimate of drug-likeness (QED) is 0.821. The van der Waals surface area contributed by atoms with Crippen LogP contribution in [0.2, 0.25) is 0 Å². The predicted octanol–water partition coefficient (Wildman–Crippen LogP) is 3.61. The van der Waals surface area contributed by atoms with E-state index in [1.165, 1.54) is 5.56 Å². The number of ether oxygens (including phenoxy) is 2. The molecule has 20 heavy (non-hydrogen) atoms. The van der Waals surface area contributed by atoms with Crippen LogP contribution >= 0.6 is 15.9 Å². The second kappa shape index (κ2) is 8.01. The fourth-order valence-corrected chi connectivity index (χ4v) is 2.59. The second-order valence-corrected chi connectivity index (χ2v) is 6.67. The maximum Gasteiger partial charge on any atom is 0.119 e. The summed E-state index contributed by atoms with van der Waals surface area (Å²) in [4.78, 5) is 0. The molecule has 1 N–H and O–H groups in total. The molecule has 0 spiro atoms. The molecule has 1 heterocycles. The summed E-state index contributed by atoms with van der Waals surface area (Å²) < 4.78 is 12.4. The second-order valence-electron chi connectivity index (χ2n) is 5.82. The van der Waals surface area contributed by atoms with Crippen LogP contribution in [0.25, 0.3) is 0 Å². The van der Waals surface area contributed by atoms with Crippen molar-refractivity contribution in [2.24, 2.45) is 11.8 Å². The Balaban J connectivity index is 1.86. The van der Waals surface area contributed by atoms with Crippen LogP contribution in [0.5, 0.6) is 5.75 Å². The Labute approximate surface area is 130 Å². The zero-order chi connectivity index (χ0) is 14.4. The summed E-state index contributed by atoms with van der Waals surface area (Å²) in [6.45, 7) is 8.77. The van der Waals surface area contributed by atoms with Gasteiger partial charge >= 0.3 is 0 Å². The average Bonchev–Trinajstić information content (AvgIpc) is 2.92. The van der Waals surface area contributed by atoms with Crippen LogP contribution in [-0.2, 0) is 11.3 Å². The van der Waals surface area contributed by atoms with Crippen LogP contribution in [0.1, 0.15) is 25.8 Å². The van der Waals surface area contributed by atoms with Crippen molar-refractivity contribution in [3.63, 3.8) is 0 Å². The summed E-state index contributed by atoms with van der Waals surface area (Å²) in [5, 5.41) is 3.46. The Bertz CT molecular complexity index is 417. The number of hydrogen-bond donors (Lipinski definition) is 1. The summed E-state index contributed by atoms with van der Waals surface area (Å²) >= 11 is 3.60. The first-order valence-corrected chi connectivity index (χ1v) is 8.14. The lowest BCUT2D eigenvalue weighted by atomic mass is 10.1. The van der Waals surface area contributed by atoms with Gasteiger partial charge in [-0.1, -0.05) is 29.8 Å². The van der Waals surface area contributed by atoms with Gasteiger partial charge in [-0.05, 0) is 42.6 Å². The number of benzene rings is 1. The van der Waals surface area contributed by atoms with Gasteiger partial charge in [0.05, 0.1) is 13.2 Å². The molecule has 1 fully saturated rings. The van der Waals surface area contributed by atoms with Crippen molar-refractivity contribution in [2.75, 3.05) is 26.4 Å². The van der Waals surface area contributed by atoms with Gasteiger partial charge in [0.25, 0.3) is 0 Å². The van der Waals surface area contributed by atoms with Crippen molar-refractivity contribution >= 4 is 15.9 Å². The van der Waals surface area contributed by atoms with E-state index < -0.39 is 0 Å². The van der Waals surface area contributed by atoms with E-state index in [0.29, 0.717) is 11.8 Å². The monoisotopic (exact) mass is 341 g/mol. The minimum Gasteiger partial charge on any atom is -0.493 e. The average molecular weight is 342 g/mol. The minimum absolute atomic E-state index is 0.543. The first-order chi connectivity index (χ1) is 9.65. The highest BCUT2D eigenvalue weighted by Gasteiger charge is 2.16. The lowest BCUT2D eigenvalue weighted by Gasteiger charge is -2.13. The highest BCUT2D eigenvalue weighted by molar-refractivity contribution is 9.10. The Morgan fingerprint density at radius 3 is 3.00 bits per heavy atom. The molecule has 4 heteroatoms. The number of nitrogens with one attached hydrogen (secondary N) is 1. The Hall–Kier alpha value is -0.580. The Morgan fingerprint density at radius 1 is 1.45 bits per heavy atom. The van der Waals surface area contributed by atoms with Crippen LogP contribution in [0.15, 0.2) is 22.7 Å². The zero-order valence-electron chi connectivity index (χ0n) is 12.3. The Kier molecular flexibility index (Phi) is 6.33. The van der Waals surface area contributed by atoms with Crippen LogP contribution in [0, 0.1) is 11.8 Å². The van der Waals surface area contributed by atoms with Crippen LogP contribution in [0.4, 0.5) is 0 Å². The topological polar surface area (TPSA) is 30.5 Å². The third kappa shape index (κ3) is 5.08. The van der Waals surface area contributed by atoms with Crippen molar-refractivity contribution in [2.45, 2.75) is 26.8 Å². The summed E-state index contributed by atoms with van der Waals surface area (Å²) in [6.07, 6.45) is 1.11. The third-order valence-electron chi connectivity index (χ3n) is 3.39. The molecule has 1 atom stereocenters. The van der Waals surface area contributed by atoms with Crippen molar-refractivity contribution in [3.8, 4) is 5.75 Å². The molecule has 2 rings (SSSR count). The van der Waals surface area contributed by atoms with E-state index in [1.807, 2.05) is 6.07 Å². The maximum absolute atomic E-state index is 5.88. The van der Waals surface area contributed by atoms with Gasteiger partial charge in [0.15, 0.2) is 0 Å². The molecular formula is C16H24BrNO2. The molecule has 0 bridgehead atoms. The van der Waals surface area contributed by atoms with Crippen molar-refractivity contribution < 1.29 is 9.47 Å². The van der Waals surface area contributed by atoms with E-state index in [0.717, 1.165) is 49.6 Å². The van der Waals surface area contributed by atoms with Gasteiger partial charge < -0.3 is 14.8 Å². The van der Waals surface area contributed by atoms with E-state index >= 15 is 0 Å². The van der Waals surface area contributed by atoms with E-state index in [2.05, 4.69) is 47.2 Å². The van der Waals surface area contributed by atoms with Crippen molar-refractivity contribution in [3.05, 3.63) is 28.2 Å². The summed E-state index contributed by atoms with van der Waals surface area (Å²) in [5.74, 6) is 2.15. The van der Waals surface area contributed by atoms with Crippen LogP contribution in [0.3, 0.4) is 0 Å². The van der Waals surface area contributed by atoms with Gasteiger partial charge in [0.1, 0.15) is 5.75 Å². The number of rotatable bonds is 7. The fourth-order valence-electron chi connectivity index (χ4n) is 2.20. The molecule has 0 aromatic heterocycles. The first kappa shape index (κ1) is 15.8. The molecule has 1 aromatic rings. The van der Waals surface area contributed by atoms with E-state index in [9.17, 15) is 0 Å². The van der Waals surface area contributed by atoms with Crippen LogP contribution in [-0.4, -0.2) is 26.4 Å². The SMILES string of the molecule is CC(C)CNCc1cc(OCC2CCOC2)ccc1Br. The highest BCUT2D eigenvalue weighted by atomic mass is 79.9. The number of halogens is 1. The molecule has 1 aliphatic heterocycles. The van der Waals surface area contributed by atoms with Gasteiger partial charge in [-0.15, -0.1) is 0 Å². The van der Waals surface area contributed by atoms with Crippen molar-refractivity contribution in [1.82, 2.24) is 5.32 Å². The molecule has 1 unspecified atom stereocenters. The van der Waals surface area contributed by atoms with E-state index in [-0.39, 0.29) is 0 Å². The highest BCUT2D eigenvalue weighted by Crippen LogP contribution is 2.24. The zero-order valence-corrected chi connectivity index (χ0v) is 13.9. The predicted molar refractivity (Wildman–Crippen MR) is 85.1 cm³/mol. The van der Waals surface area contributed by atoms with Gasteiger partial charge in [-0.2, -0.15) is 0 Å². The molecular weight excluding hydrogens is 318 g/mol. The molecule has 0 amide bonds. The molecule has 0 radical (unpaired) electrons. The normalized spacial score (nSPS) is 18.7. The van der Waals surface area contributed by atoms with E-state index in [1.54, 1.807) is 0 Å². The molecule has 0 saturated carbocycles. The first-order valence-electron chi connectivity index (χ1n) is 7.35. The van der Waals surface area contributed by atoms with Gasteiger partial charge in [-0.3, -0.25) is 0 Å². The maximum atomic E-state index is 5.88. The van der Waals surface area contributed by atoms with Crippen LogP contribution < -0.4 is 10.1 Å². The van der Waals surface area contributed by atoms with Gasteiger partial charge in [0.2, 0.25) is 0 Å². The molecule has 1 saturated heterocycles. The summed E-state index contributed by atoms with van der Waals surface area (Å²) in [7, 11) is 0. The minimum atomic E-state index is 0.543. The van der Waals surface area contributed by atoms with Gasteiger partial charge in [-0.25, -0.2) is 0 Å². The third-order valence-corrected chi connectivity index (χ3v) is 4.17. The fraction of sp³-hybridized carbons (Fsp3) is 0.625. The lowest BCUT2D eigenvalue weighted by Crippen LogP contribution is -2.19. The van der Waals surface area contributed by atoms with E-state index in [4.69, 9.17) is 9.47 Å². The largest absolute Gasteiger partial charge is 0.493 e. The smallest absolute Gasteiger partial charge is 0.119 e. The molecule has 0 aliphatic carbocycles. The molecule has 112 valence electrons. The Morgan fingerprint density at radius 2 is 2.30 bits per heavy atom. The van der Waals surface area contributed by atoms with Crippen molar-refractivity contribution in [1.29, 1.82) is 0 Å². The summed E-state index contributed by atoms with van der Waals surface area (Å²) in [5.41, 5.74) is 1.24. The van der Waals surface area contributed by atoms with Gasteiger partial charge in [0, 0.05) is 23.5 Å². The standard InChI is InChI=1S/C16H24BrNO2/c1-12(2)8-18-9-14-7-15(3-4-16(14)17)20-11-13-5-6-19-10-13/h3-4,7,12-13,18H,5-6,8-11H2,1-2H3. The number of hydrogen-bond acceptors (Lipinski definition) is 3. The molecule has 1 aliphatic rings. The lowest BCUT2D eigenvalue weighted by molar-refractivity contribution is 0.167. The molecule has 3 nitrogen and oxygen atoms in total.